The average Bonchev–Trinajstić information content (AvgIpc) is 2.77. The summed E-state index contributed by atoms with van der Waals surface area (Å²) < 4.78 is 30.4. The van der Waals surface area contributed by atoms with E-state index < -0.39 is 11.7 Å². The van der Waals surface area contributed by atoms with Crippen molar-refractivity contribution in [3.8, 4) is 17.2 Å². The van der Waals surface area contributed by atoms with Crippen molar-refractivity contribution < 1.29 is 28.2 Å². The molecule has 162 valence electrons. The van der Waals surface area contributed by atoms with Crippen LogP contribution in [0, 0.1) is 5.82 Å². The van der Waals surface area contributed by atoms with Crippen molar-refractivity contribution in [2.24, 2.45) is 0 Å². The summed E-state index contributed by atoms with van der Waals surface area (Å²) in [5.74, 6) is 0.235. The van der Waals surface area contributed by atoms with E-state index in [1.54, 1.807) is 18.2 Å². The topological polar surface area (TPSA) is 65.1 Å². The molecule has 0 saturated heterocycles. The fourth-order valence-corrected chi connectivity index (χ4v) is 4.57. The van der Waals surface area contributed by atoms with Crippen LogP contribution in [0.3, 0.4) is 0 Å². The van der Waals surface area contributed by atoms with Gasteiger partial charge in [0.2, 0.25) is 11.7 Å². The van der Waals surface area contributed by atoms with Crippen molar-refractivity contribution in [1.82, 2.24) is 0 Å². The van der Waals surface area contributed by atoms with E-state index in [0.29, 0.717) is 59.0 Å². The molecule has 7 heteroatoms. The smallest absolute Gasteiger partial charge is 0.232 e. The second kappa shape index (κ2) is 8.41. The third kappa shape index (κ3) is 3.54. The number of ketones is 1. The van der Waals surface area contributed by atoms with Gasteiger partial charge in [-0.3, -0.25) is 14.5 Å². The van der Waals surface area contributed by atoms with E-state index in [-0.39, 0.29) is 18.1 Å². The Morgan fingerprint density at radius 3 is 2.42 bits per heavy atom. The molecule has 1 aliphatic carbocycles. The zero-order valence-corrected chi connectivity index (χ0v) is 17.7. The third-order valence-electron chi connectivity index (χ3n) is 5.85. The number of carbonyl (C=O) groups is 2. The van der Waals surface area contributed by atoms with Gasteiger partial charge in [0, 0.05) is 35.6 Å². The minimum absolute atomic E-state index is 0.00279. The molecular formula is C24H24FNO5. The lowest BCUT2D eigenvalue weighted by atomic mass is 9.76. The first-order valence-corrected chi connectivity index (χ1v) is 10.1. The molecule has 0 unspecified atom stereocenters. The van der Waals surface area contributed by atoms with Gasteiger partial charge in [-0.15, -0.1) is 0 Å². The van der Waals surface area contributed by atoms with E-state index in [0.717, 1.165) is 0 Å². The Balaban J connectivity index is 1.91. The average molecular weight is 425 g/mol. The van der Waals surface area contributed by atoms with E-state index in [1.807, 2.05) is 6.07 Å². The Hall–Kier alpha value is -3.35. The Labute approximate surface area is 180 Å². The molecule has 2 aliphatic rings. The maximum atomic E-state index is 13.9. The Kier molecular flexibility index (Phi) is 5.67. The predicted octanol–water partition coefficient (Wildman–Crippen LogP) is 4.38. The predicted molar refractivity (Wildman–Crippen MR) is 113 cm³/mol. The van der Waals surface area contributed by atoms with Crippen molar-refractivity contribution in [2.45, 2.75) is 31.6 Å². The molecule has 0 N–H and O–H groups in total. The van der Waals surface area contributed by atoms with Gasteiger partial charge in [0.15, 0.2) is 17.3 Å². The van der Waals surface area contributed by atoms with E-state index in [9.17, 15) is 14.0 Å². The minimum Gasteiger partial charge on any atom is -0.493 e. The van der Waals surface area contributed by atoms with Crippen molar-refractivity contribution in [3.05, 3.63) is 59.0 Å². The number of anilines is 1. The molecule has 2 aromatic carbocycles. The van der Waals surface area contributed by atoms with Gasteiger partial charge in [-0.2, -0.15) is 0 Å². The standard InChI is InChI=1S/C24H24FNO5/c1-29-20-11-10-16(23(30-2)24(20)31-3)17-13-21(28)26(15-7-4-6-14(25)12-15)18-8-5-9-19(27)22(17)18/h4,6-7,10-12,17H,5,8-9,13H2,1-3H3/t17-/m1/s1. The van der Waals surface area contributed by atoms with Gasteiger partial charge in [0.1, 0.15) is 5.82 Å². The van der Waals surface area contributed by atoms with E-state index in [4.69, 9.17) is 14.2 Å². The molecule has 0 radical (unpaired) electrons. The van der Waals surface area contributed by atoms with Crippen molar-refractivity contribution in [2.75, 3.05) is 26.2 Å². The summed E-state index contributed by atoms with van der Waals surface area (Å²) in [5.41, 5.74) is 2.35. The first-order chi connectivity index (χ1) is 15.0. The van der Waals surface area contributed by atoms with Gasteiger partial charge in [-0.25, -0.2) is 4.39 Å². The molecule has 31 heavy (non-hydrogen) atoms. The van der Waals surface area contributed by atoms with Crippen LogP contribution in [0.4, 0.5) is 10.1 Å². The molecule has 4 rings (SSSR count). The molecule has 1 amide bonds. The molecular weight excluding hydrogens is 401 g/mol. The van der Waals surface area contributed by atoms with Gasteiger partial charge in [0.25, 0.3) is 0 Å². The Morgan fingerprint density at radius 2 is 1.74 bits per heavy atom. The molecule has 0 fully saturated rings. The van der Waals surface area contributed by atoms with Crippen molar-refractivity contribution in [3.63, 3.8) is 0 Å². The molecule has 6 nitrogen and oxygen atoms in total. The maximum absolute atomic E-state index is 13.9. The summed E-state index contributed by atoms with van der Waals surface area (Å²) in [4.78, 5) is 27.9. The normalized spacial score (nSPS) is 18.7. The Bertz CT molecular complexity index is 1080. The molecule has 2 aromatic rings. The highest BCUT2D eigenvalue weighted by atomic mass is 19.1. The van der Waals surface area contributed by atoms with Crippen LogP contribution in [0.5, 0.6) is 17.2 Å². The lowest BCUT2D eigenvalue weighted by Gasteiger charge is -2.38. The van der Waals surface area contributed by atoms with Crippen LogP contribution < -0.4 is 19.1 Å². The number of Topliss-reactive ketones (excluding diaryl/α,β-unsaturated/α-hetero) is 1. The molecule has 0 saturated carbocycles. The monoisotopic (exact) mass is 425 g/mol. The zero-order valence-electron chi connectivity index (χ0n) is 17.7. The molecule has 0 aromatic heterocycles. The second-order valence-electron chi connectivity index (χ2n) is 7.53. The quantitative estimate of drug-likeness (QED) is 0.711. The SMILES string of the molecule is COc1ccc([C@H]2CC(=O)N(c3cccc(F)c3)C3=C2C(=O)CCC3)c(OC)c1OC. The molecule has 1 atom stereocenters. The van der Waals surface area contributed by atoms with Crippen LogP contribution in [-0.2, 0) is 9.59 Å². The molecule has 0 bridgehead atoms. The van der Waals surface area contributed by atoms with Crippen molar-refractivity contribution in [1.29, 1.82) is 0 Å². The third-order valence-corrected chi connectivity index (χ3v) is 5.85. The van der Waals surface area contributed by atoms with E-state index in [1.165, 1.54) is 38.4 Å². The Morgan fingerprint density at radius 1 is 0.968 bits per heavy atom. The van der Waals surface area contributed by atoms with Crippen LogP contribution >= 0.6 is 0 Å². The highest BCUT2D eigenvalue weighted by Crippen LogP contribution is 2.49. The fourth-order valence-electron chi connectivity index (χ4n) is 4.57. The van der Waals surface area contributed by atoms with Crippen molar-refractivity contribution >= 4 is 17.4 Å². The number of methoxy groups -OCH3 is 3. The summed E-state index contributed by atoms with van der Waals surface area (Å²) >= 11 is 0. The summed E-state index contributed by atoms with van der Waals surface area (Å²) in [5, 5.41) is 0. The van der Waals surface area contributed by atoms with Crippen LogP contribution in [0.25, 0.3) is 0 Å². The number of halogens is 1. The van der Waals surface area contributed by atoms with Crippen LogP contribution in [0.15, 0.2) is 47.7 Å². The summed E-state index contributed by atoms with van der Waals surface area (Å²) in [6.45, 7) is 0. The zero-order chi connectivity index (χ0) is 22.1. The van der Waals surface area contributed by atoms with E-state index in [2.05, 4.69) is 0 Å². The highest BCUT2D eigenvalue weighted by molar-refractivity contribution is 6.07. The maximum Gasteiger partial charge on any atom is 0.232 e. The number of hydrogen-bond donors (Lipinski definition) is 0. The van der Waals surface area contributed by atoms with Gasteiger partial charge in [0.05, 0.1) is 27.0 Å². The number of nitrogens with zero attached hydrogens (tertiary/aromatic N) is 1. The van der Waals surface area contributed by atoms with Gasteiger partial charge in [-0.05, 0) is 37.1 Å². The fraction of sp³-hybridized carbons (Fsp3) is 0.333. The largest absolute Gasteiger partial charge is 0.493 e. The summed E-state index contributed by atoms with van der Waals surface area (Å²) in [6.07, 6.45) is 1.69. The lowest BCUT2D eigenvalue weighted by molar-refractivity contribution is -0.119. The lowest BCUT2D eigenvalue weighted by Crippen LogP contribution is -2.40. The molecule has 1 aliphatic heterocycles. The van der Waals surface area contributed by atoms with Gasteiger partial charge < -0.3 is 14.2 Å². The number of rotatable bonds is 5. The van der Waals surface area contributed by atoms with Crippen LogP contribution in [0.1, 0.15) is 37.2 Å². The highest BCUT2D eigenvalue weighted by Gasteiger charge is 2.41. The number of hydrogen-bond acceptors (Lipinski definition) is 5. The number of amides is 1. The van der Waals surface area contributed by atoms with Gasteiger partial charge >= 0.3 is 0 Å². The number of allylic oxidation sites excluding steroid dienone is 2. The number of carbonyl (C=O) groups excluding carboxylic acids is 2. The molecule has 1 heterocycles. The second-order valence-corrected chi connectivity index (χ2v) is 7.53. The van der Waals surface area contributed by atoms with Gasteiger partial charge in [-0.1, -0.05) is 12.1 Å². The van der Waals surface area contributed by atoms with Crippen LogP contribution in [0.2, 0.25) is 0 Å². The van der Waals surface area contributed by atoms with Crippen LogP contribution in [-0.4, -0.2) is 33.0 Å². The van der Waals surface area contributed by atoms with E-state index >= 15 is 0 Å². The first kappa shape index (κ1) is 20.9. The molecule has 0 spiro atoms. The number of benzene rings is 2. The summed E-state index contributed by atoms with van der Waals surface area (Å²) in [6, 6.07) is 9.44. The summed E-state index contributed by atoms with van der Waals surface area (Å²) in [7, 11) is 4.56. The minimum atomic E-state index is -0.477. The first-order valence-electron chi connectivity index (χ1n) is 10.1. The number of ether oxygens (including phenoxy) is 3.